The molecule has 0 aliphatic heterocycles. The van der Waals surface area contributed by atoms with Crippen molar-refractivity contribution in [3.8, 4) is 17.2 Å². The number of aromatic amines is 1. The summed E-state index contributed by atoms with van der Waals surface area (Å²) in [6, 6.07) is 23.3. The van der Waals surface area contributed by atoms with Crippen molar-refractivity contribution in [3.05, 3.63) is 90.1 Å². The molecule has 1 aromatic heterocycles. The van der Waals surface area contributed by atoms with Crippen molar-refractivity contribution in [2.24, 2.45) is 0 Å². The van der Waals surface area contributed by atoms with Crippen LogP contribution in [0.4, 0.5) is 0 Å². The van der Waals surface area contributed by atoms with E-state index in [4.69, 9.17) is 4.74 Å². The molecular weight excluding hydrogens is 336 g/mol. The highest BCUT2D eigenvalue weighted by Gasteiger charge is 2.05. The molecule has 27 heavy (non-hydrogen) atoms. The number of phenols is 1. The number of rotatable bonds is 7. The quantitative estimate of drug-likeness (QED) is 0.408. The molecule has 0 atom stereocenters. The maximum Gasteiger partial charge on any atom is 0.127 e. The zero-order valence-corrected chi connectivity index (χ0v) is 15.0. The van der Waals surface area contributed by atoms with Crippen LogP contribution >= 0.6 is 0 Å². The van der Waals surface area contributed by atoms with E-state index in [-0.39, 0.29) is 0 Å². The number of hydrogen-bond acceptors (Lipinski definition) is 3. The molecule has 4 rings (SSSR count). The minimum Gasteiger partial charge on any atom is -0.508 e. The summed E-state index contributed by atoms with van der Waals surface area (Å²) in [5.41, 5.74) is 3.43. The molecule has 0 amide bonds. The molecule has 0 saturated carbocycles. The van der Waals surface area contributed by atoms with E-state index in [9.17, 15) is 5.11 Å². The highest BCUT2D eigenvalue weighted by Crippen LogP contribution is 2.23. The summed E-state index contributed by atoms with van der Waals surface area (Å²) >= 11 is 0. The summed E-state index contributed by atoms with van der Waals surface area (Å²) in [5.74, 6) is 1.98. The lowest BCUT2D eigenvalue weighted by atomic mass is 10.1. The van der Waals surface area contributed by atoms with Gasteiger partial charge in [-0.05, 0) is 66.6 Å². The summed E-state index contributed by atoms with van der Waals surface area (Å²) in [4.78, 5) is 3.25. The molecule has 4 nitrogen and oxygen atoms in total. The van der Waals surface area contributed by atoms with Crippen LogP contribution in [-0.2, 0) is 13.0 Å². The molecule has 0 aliphatic carbocycles. The van der Waals surface area contributed by atoms with Crippen molar-refractivity contribution in [1.29, 1.82) is 0 Å². The average molecular weight is 358 g/mol. The zero-order chi connectivity index (χ0) is 18.5. The first-order valence-corrected chi connectivity index (χ1v) is 9.09. The van der Waals surface area contributed by atoms with Crippen LogP contribution in [-0.4, -0.2) is 16.6 Å². The van der Waals surface area contributed by atoms with Crippen LogP contribution in [0, 0.1) is 0 Å². The van der Waals surface area contributed by atoms with Crippen LogP contribution < -0.4 is 10.1 Å². The van der Waals surface area contributed by atoms with Gasteiger partial charge in [-0.1, -0.05) is 30.3 Å². The second-order valence-corrected chi connectivity index (χ2v) is 6.53. The van der Waals surface area contributed by atoms with Crippen molar-refractivity contribution in [2.45, 2.75) is 13.0 Å². The predicted octanol–water partition coefficient (Wildman–Crippen LogP) is 5.00. The van der Waals surface area contributed by atoms with Crippen molar-refractivity contribution in [2.75, 3.05) is 6.54 Å². The number of para-hydroxylation sites is 1. The number of nitrogens with one attached hydrogen (secondary N) is 2. The molecule has 4 aromatic rings. The van der Waals surface area contributed by atoms with Crippen LogP contribution in [0.2, 0.25) is 0 Å². The monoisotopic (exact) mass is 358 g/mol. The van der Waals surface area contributed by atoms with Crippen LogP contribution in [0.1, 0.15) is 11.1 Å². The molecule has 0 bridgehead atoms. The van der Waals surface area contributed by atoms with Crippen molar-refractivity contribution in [1.82, 2.24) is 10.3 Å². The molecule has 1 heterocycles. The minimum absolute atomic E-state index is 0.298. The van der Waals surface area contributed by atoms with E-state index in [1.54, 1.807) is 6.07 Å². The maximum atomic E-state index is 9.68. The molecule has 0 unspecified atom stereocenters. The predicted molar refractivity (Wildman–Crippen MR) is 108 cm³/mol. The van der Waals surface area contributed by atoms with E-state index in [0.29, 0.717) is 5.75 Å². The Balaban J connectivity index is 1.32. The molecule has 0 spiro atoms. The van der Waals surface area contributed by atoms with E-state index in [1.807, 2.05) is 60.8 Å². The van der Waals surface area contributed by atoms with E-state index in [1.165, 1.54) is 11.1 Å². The molecule has 0 saturated heterocycles. The van der Waals surface area contributed by atoms with Gasteiger partial charge < -0.3 is 20.1 Å². The fraction of sp³-hybridized carbons (Fsp3) is 0.130. The Morgan fingerprint density at radius 3 is 2.63 bits per heavy atom. The Morgan fingerprint density at radius 2 is 1.74 bits per heavy atom. The fourth-order valence-corrected chi connectivity index (χ4v) is 3.17. The first kappa shape index (κ1) is 17.2. The van der Waals surface area contributed by atoms with Gasteiger partial charge in [-0.25, -0.2) is 0 Å². The Hall–Kier alpha value is -3.24. The molecule has 4 heteroatoms. The SMILES string of the molecule is Oc1ccc2[nH]cc(CCNCc3cccc(Oc4ccccc4)c3)c2c1. The van der Waals surface area contributed by atoms with Gasteiger partial charge in [0.05, 0.1) is 0 Å². The second kappa shape index (κ2) is 7.98. The lowest BCUT2D eigenvalue weighted by Crippen LogP contribution is -2.16. The molecular formula is C23H22N2O2. The number of phenolic OH excluding ortho intramolecular Hbond substituents is 1. The molecule has 0 aliphatic rings. The van der Waals surface area contributed by atoms with Crippen LogP contribution in [0.15, 0.2) is 79.0 Å². The van der Waals surface area contributed by atoms with E-state index >= 15 is 0 Å². The third-order valence-electron chi connectivity index (χ3n) is 4.53. The summed E-state index contributed by atoms with van der Waals surface area (Å²) in [6.45, 7) is 1.63. The van der Waals surface area contributed by atoms with Gasteiger partial charge in [-0.3, -0.25) is 0 Å². The van der Waals surface area contributed by atoms with Gasteiger partial charge in [-0.15, -0.1) is 0 Å². The van der Waals surface area contributed by atoms with Crippen LogP contribution in [0.3, 0.4) is 0 Å². The third kappa shape index (κ3) is 4.30. The number of aromatic nitrogens is 1. The number of fused-ring (bicyclic) bond motifs is 1. The van der Waals surface area contributed by atoms with E-state index in [0.717, 1.165) is 41.9 Å². The summed E-state index contributed by atoms with van der Waals surface area (Å²) in [7, 11) is 0. The number of H-pyrrole nitrogens is 1. The summed E-state index contributed by atoms with van der Waals surface area (Å²) in [6.07, 6.45) is 2.91. The number of aromatic hydroxyl groups is 1. The Labute approximate surface area is 158 Å². The lowest BCUT2D eigenvalue weighted by Gasteiger charge is -2.09. The second-order valence-electron chi connectivity index (χ2n) is 6.53. The van der Waals surface area contributed by atoms with Gasteiger partial charge in [0.2, 0.25) is 0 Å². The van der Waals surface area contributed by atoms with Crippen LogP contribution in [0.5, 0.6) is 17.2 Å². The largest absolute Gasteiger partial charge is 0.508 e. The minimum atomic E-state index is 0.298. The van der Waals surface area contributed by atoms with Crippen LogP contribution in [0.25, 0.3) is 10.9 Å². The Morgan fingerprint density at radius 1 is 0.889 bits per heavy atom. The standard InChI is InChI=1S/C23H22N2O2/c26-19-9-10-23-22(14-19)18(16-25-23)11-12-24-15-17-5-4-8-21(13-17)27-20-6-2-1-3-7-20/h1-10,13-14,16,24-26H,11-12,15H2. The third-order valence-corrected chi connectivity index (χ3v) is 4.53. The summed E-state index contributed by atoms with van der Waals surface area (Å²) < 4.78 is 5.89. The molecule has 136 valence electrons. The highest BCUT2D eigenvalue weighted by molar-refractivity contribution is 5.84. The lowest BCUT2D eigenvalue weighted by molar-refractivity contribution is 0.476. The maximum absolute atomic E-state index is 9.68. The molecule has 3 aromatic carbocycles. The molecule has 3 N–H and O–H groups in total. The number of benzene rings is 3. The van der Waals surface area contributed by atoms with Gasteiger partial charge in [0, 0.05) is 23.6 Å². The van der Waals surface area contributed by atoms with E-state index in [2.05, 4.69) is 22.4 Å². The van der Waals surface area contributed by atoms with E-state index < -0.39 is 0 Å². The topological polar surface area (TPSA) is 57.3 Å². The van der Waals surface area contributed by atoms with Gasteiger partial charge >= 0.3 is 0 Å². The van der Waals surface area contributed by atoms with Gasteiger partial charge in [0.25, 0.3) is 0 Å². The molecule has 0 radical (unpaired) electrons. The first-order chi connectivity index (χ1) is 13.3. The van der Waals surface area contributed by atoms with Crippen molar-refractivity contribution in [3.63, 3.8) is 0 Å². The smallest absolute Gasteiger partial charge is 0.127 e. The van der Waals surface area contributed by atoms with Crippen molar-refractivity contribution >= 4 is 10.9 Å². The van der Waals surface area contributed by atoms with Crippen molar-refractivity contribution < 1.29 is 9.84 Å². The number of ether oxygens (including phenoxy) is 1. The number of hydrogen-bond donors (Lipinski definition) is 3. The zero-order valence-electron chi connectivity index (χ0n) is 15.0. The normalized spacial score (nSPS) is 11.0. The average Bonchev–Trinajstić information content (AvgIpc) is 3.08. The van der Waals surface area contributed by atoms with Gasteiger partial charge in [0.1, 0.15) is 17.2 Å². The van der Waals surface area contributed by atoms with Gasteiger partial charge in [0.15, 0.2) is 0 Å². The van der Waals surface area contributed by atoms with Gasteiger partial charge in [-0.2, -0.15) is 0 Å². The highest BCUT2D eigenvalue weighted by atomic mass is 16.5. The Kier molecular flexibility index (Phi) is 5.08. The Bertz CT molecular complexity index is 1020. The summed E-state index contributed by atoms with van der Waals surface area (Å²) in [5, 5.41) is 14.2. The first-order valence-electron chi connectivity index (χ1n) is 9.09. The molecule has 0 fully saturated rings. The fourth-order valence-electron chi connectivity index (χ4n) is 3.17.